The fourth-order valence-corrected chi connectivity index (χ4v) is 3.90. The third-order valence-corrected chi connectivity index (χ3v) is 5.53. The fourth-order valence-electron chi connectivity index (χ4n) is 3.19. The Bertz CT molecular complexity index is 1320. The van der Waals surface area contributed by atoms with Gasteiger partial charge in [0.1, 0.15) is 16.3 Å². The second-order valence-corrected chi connectivity index (χ2v) is 7.99. The molecule has 9 nitrogen and oxygen atoms in total. The van der Waals surface area contributed by atoms with E-state index in [4.69, 9.17) is 0 Å². The Morgan fingerprint density at radius 2 is 1.73 bits per heavy atom. The zero-order valence-corrected chi connectivity index (χ0v) is 16.5. The fraction of sp³-hybridized carbons (Fsp3) is 0.100. The van der Waals surface area contributed by atoms with E-state index in [2.05, 4.69) is 15.3 Å². The molecule has 0 aliphatic carbocycles. The predicted octanol–water partition coefficient (Wildman–Crippen LogP) is 3.67. The molecule has 10 heteroatoms. The molecule has 4 rings (SSSR count). The summed E-state index contributed by atoms with van der Waals surface area (Å²) in [6, 6.07) is 14.7. The van der Waals surface area contributed by atoms with Crippen molar-refractivity contribution in [3.8, 4) is 5.75 Å². The van der Waals surface area contributed by atoms with Crippen molar-refractivity contribution in [2.75, 3.05) is 5.01 Å². The van der Waals surface area contributed by atoms with Crippen molar-refractivity contribution >= 4 is 43.9 Å². The number of hydrazone groups is 1. The molecular weight excluding hydrogens is 408 g/mol. The van der Waals surface area contributed by atoms with Crippen LogP contribution in [0.15, 0.2) is 80.9 Å². The number of azo groups is 1. The number of nitrogens with zero attached hydrogens (tertiary/aromatic N) is 4. The third-order valence-electron chi connectivity index (χ3n) is 4.62. The minimum absolute atomic E-state index is 0.0169. The average Bonchev–Trinajstić information content (AvgIpc) is 3.00. The Balaban J connectivity index is 1.74. The molecule has 3 aromatic rings. The van der Waals surface area contributed by atoms with Crippen molar-refractivity contribution in [2.24, 2.45) is 15.3 Å². The minimum Gasteiger partial charge on any atom is -0.506 e. The van der Waals surface area contributed by atoms with Crippen molar-refractivity contribution in [3.05, 3.63) is 60.7 Å². The van der Waals surface area contributed by atoms with Crippen LogP contribution in [0.2, 0.25) is 0 Å². The molecule has 0 radical (unpaired) electrons. The number of amides is 1. The molecule has 1 aliphatic heterocycles. The standard InChI is InChI=1S/C20H16N4O5S/c1-12-18(20(26)24(23-12)13-6-3-2-4-7-13)21-22-19-15-8-5-9-17(30(27,28)29)14(15)10-11-16(19)25/h2-11,18,25H,1H3,(H,27,28,29). The van der Waals surface area contributed by atoms with Gasteiger partial charge < -0.3 is 5.11 Å². The van der Waals surface area contributed by atoms with Gasteiger partial charge in [0.25, 0.3) is 16.0 Å². The molecule has 0 spiro atoms. The number of rotatable bonds is 4. The molecule has 0 aromatic heterocycles. The highest BCUT2D eigenvalue weighted by Gasteiger charge is 2.34. The van der Waals surface area contributed by atoms with Gasteiger partial charge in [0.05, 0.1) is 11.4 Å². The van der Waals surface area contributed by atoms with Crippen LogP contribution in [0, 0.1) is 0 Å². The number of anilines is 1. The average molecular weight is 424 g/mol. The summed E-state index contributed by atoms with van der Waals surface area (Å²) in [5.74, 6) is -0.653. The summed E-state index contributed by atoms with van der Waals surface area (Å²) in [4.78, 5) is 12.4. The molecule has 3 aromatic carbocycles. The molecule has 1 amide bonds. The maximum absolute atomic E-state index is 12.8. The highest BCUT2D eigenvalue weighted by Crippen LogP contribution is 2.38. The monoisotopic (exact) mass is 424 g/mol. The molecule has 0 saturated carbocycles. The van der Waals surface area contributed by atoms with E-state index >= 15 is 0 Å². The Labute approximate surface area is 171 Å². The predicted molar refractivity (Wildman–Crippen MR) is 111 cm³/mol. The highest BCUT2D eigenvalue weighted by molar-refractivity contribution is 7.86. The largest absolute Gasteiger partial charge is 0.506 e. The van der Waals surface area contributed by atoms with Crippen molar-refractivity contribution in [1.29, 1.82) is 0 Å². The summed E-state index contributed by atoms with van der Waals surface area (Å²) in [6.45, 7) is 1.64. The van der Waals surface area contributed by atoms with Crippen LogP contribution in [0.5, 0.6) is 5.75 Å². The molecule has 0 fully saturated rings. The number of aromatic hydroxyl groups is 1. The van der Waals surface area contributed by atoms with Crippen LogP contribution in [0.3, 0.4) is 0 Å². The van der Waals surface area contributed by atoms with E-state index in [0.29, 0.717) is 11.4 Å². The second-order valence-electron chi connectivity index (χ2n) is 6.60. The second kappa shape index (κ2) is 7.32. The Morgan fingerprint density at radius 3 is 2.43 bits per heavy atom. The highest BCUT2D eigenvalue weighted by atomic mass is 32.2. The number of fused-ring (bicyclic) bond motifs is 1. The molecule has 1 aliphatic rings. The molecule has 30 heavy (non-hydrogen) atoms. The smallest absolute Gasteiger partial charge is 0.295 e. The molecule has 1 atom stereocenters. The lowest BCUT2D eigenvalue weighted by Crippen LogP contribution is -2.29. The van der Waals surface area contributed by atoms with Crippen LogP contribution in [0.1, 0.15) is 6.92 Å². The van der Waals surface area contributed by atoms with Crippen molar-refractivity contribution in [1.82, 2.24) is 0 Å². The summed E-state index contributed by atoms with van der Waals surface area (Å²) in [5, 5.41) is 24.2. The van der Waals surface area contributed by atoms with Gasteiger partial charge in [0.15, 0.2) is 6.04 Å². The van der Waals surface area contributed by atoms with Gasteiger partial charge in [0, 0.05) is 10.8 Å². The van der Waals surface area contributed by atoms with Crippen LogP contribution < -0.4 is 5.01 Å². The maximum atomic E-state index is 12.8. The van der Waals surface area contributed by atoms with Gasteiger partial charge in [-0.2, -0.15) is 28.8 Å². The molecule has 1 heterocycles. The van der Waals surface area contributed by atoms with E-state index in [9.17, 15) is 22.9 Å². The number of hydrogen-bond donors (Lipinski definition) is 2. The molecular formula is C20H16N4O5S. The first-order valence-corrected chi connectivity index (χ1v) is 10.3. The Hall–Kier alpha value is -3.63. The number of carbonyl (C=O) groups is 1. The van der Waals surface area contributed by atoms with Gasteiger partial charge in [-0.05, 0) is 37.3 Å². The lowest BCUT2D eigenvalue weighted by Gasteiger charge is -2.12. The van der Waals surface area contributed by atoms with Crippen LogP contribution >= 0.6 is 0 Å². The van der Waals surface area contributed by atoms with E-state index in [-0.39, 0.29) is 27.1 Å². The van der Waals surface area contributed by atoms with E-state index in [1.54, 1.807) is 31.2 Å². The number of carbonyl (C=O) groups excluding carboxylic acids is 1. The van der Waals surface area contributed by atoms with Crippen LogP contribution in [0.25, 0.3) is 10.8 Å². The number of phenols is 1. The summed E-state index contributed by atoms with van der Waals surface area (Å²) in [6.07, 6.45) is 0. The van der Waals surface area contributed by atoms with Gasteiger partial charge in [0.2, 0.25) is 0 Å². The number of hydrogen-bond acceptors (Lipinski definition) is 7. The Morgan fingerprint density at radius 1 is 1.00 bits per heavy atom. The molecule has 1 unspecified atom stereocenters. The Kier molecular flexibility index (Phi) is 4.80. The van der Waals surface area contributed by atoms with E-state index in [1.165, 1.54) is 35.3 Å². The van der Waals surface area contributed by atoms with Gasteiger partial charge >= 0.3 is 0 Å². The number of para-hydroxylation sites is 1. The summed E-state index contributed by atoms with van der Waals surface area (Å²) >= 11 is 0. The SMILES string of the molecule is CC1=NN(c2ccccc2)C(=O)C1N=Nc1c(O)ccc2c(S(=O)(=O)O)cccc12. The normalized spacial score (nSPS) is 17.1. The lowest BCUT2D eigenvalue weighted by molar-refractivity contribution is -0.117. The molecule has 152 valence electrons. The third kappa shape index (κ3) is 3.42. The van der Waals surface area contributed by atoms with Crippen molar-refractivity contribution in [3.63, 3.8) is 0 Å². The first-order chi connectivity index (χ1) is 14.3. The van der Waals surface area contributed by atoms with Gasteiger partial charge in [-0.15, -0.1) is 0 Å². The van der Waals surface area contributed by atoms with Crippen LogP contribution in [-0.4, -0.2) is 35.7 Å². The summed E-state index contributed by atoms with van der Waals surface area (Å²) in [5.41, 5.74) is 0.994. The van der Waals surface area contributed by atoms with Crippen molar-refractivity contribution in [2.45, 2.75) is 17.9 Å². The zero-order chi connectivity index (χ0) is 21.5. The van der Waals surface area contributed by atoms with Gasteiger partial charge in [-0.1, -0.05) is 30.3 Å². The van der Waals surface area contributed by atoms with E-state index < -0.39 is 22.1 Å². The molecule has 2 N–H and O–H groups in total. The zero-order valence-electron chi connectivity index (χ0n) is 15.7. The lowest BCUT2D eigenvalue weighted by atomic mass is 10.1. The minimum atomic E-state index is -4.48. The number of phenolic OH excluding ortho intramolecular Hbond substituents is 1. The van der Waals surface area contributed by atoms with E-state index in [0.717, 1.165) is 0 Å². The molecule has 0 bridgehead atoms. The molecule has 0 saturated heterocycles. The first kappa shape index (κ1) is 19.7. The summed E-state index contributed by atoms with van der Waals surface area (Å²) in [7, 11) is -4.48. The van der Waals surface area contributed by atoms with Crippen LogP contribution in [0.4, 0.5) is 11.4 Å². The van der Waals surface area contributed by atoms with Gasteiger partial charge in [-0.3, -0.25) is 9.35 Å². The van der Waals surface area contributed by atoms with E-state index in [1.807, 2.05) is 6.07 Å². The van der Waals surface area contributed by atoms with Gasteiger partial charge in [-0.25, -0.2) is 0 Å². The summed E-state index contributed by atoms with van der Waals surface area (Å²) < 4.78 is 32.7. The van der Waals surface area contributed by atoms with Crippen LogP contribution in [-0.2, 0) is 14.9 Å². The quantitative estimate of drug-likeness (QED) is 0.487. The topological polar surface area (TPSA) is 132 Å². The van der Waals surface area contributed by atoms with Crippen molar-refractivity contribution < 1.29 is 22.9 Å². The number of benzene rings is 3. The first-order valence-electron chi connectivity index (χ1n) is 8.84. The maximum Gasteiger partial charge on any atom is 0.295 e.